The molecule has 0 aromatic heterocycles. The van der Waals surface area contributed by atoms with Crippen LogP contribution < -0.4 is 0 Å². The van der Waals surface area contributed by atoms with Crippen LogP contribution in [0.3, 0.4) is 0 Å². The summed E-state index contributed by atoms with van der Waals surface area (Å²) in [5.41, 5.74) is 1.26. The first-order chi connectivity index (χ1) is 7.58. The third-order valence-corrected chi connectivity index (χ3v) is 2.44. The van der Waals surface area contributed by atoms with Crippen molar-refractivity contribution < 1.29 is 13.9 Å². The molecule has 0 aliphatic rings. The van der Waals surface area contributed by atoms with Gasteiger partial charge in [0.1, 0.15) is 17.4 Å². The maximum atomic E-state index is 13.3. The van der Waals surface area contributed by atoms with Crippen LogP contribution in [0.15, 0.2) is 36.4 Å². The summed E-state index contributed by atoms with van der Waals surface area (Å²) >= 11 is 0. The van der Waals surface area contributed by atoms with E-state index in [1.54, 1.807) is 19.1 Å². The molecule has 0 saturated heterocycles. The molecule has 0 unspecified atom stereocenters. The molecule has 1 nitrogen and oxygen atoms in total. The van der Waals surface area contributed by atoms with Gasteiger partial charge in [-0.05, 0) is 42.3 Å². The molecular formula is C13H10F2O. The molecule has 0 fully saturated rings. The van der Waals surface area contributed by atoms with Crippen LogP contribution in [0.2, 0.25) is 0 Å². The number of hydrogen-bond donors (Lipinski definition) is 1. The molecule has 2 aromatic rings. The van der Waals surface area contributed by atoms with E-state index in [1.165, 1.54) is 18.2 Å². The van der Waals surface area contributed by atoms with Crippen LogP contribution in [0.4, 0.5) is 8.78 Å². The zero-order chi connectivity index (χ0) is 11.7. The zero-order valence-corrected chi connectivity index (χ0v) is 8.67. The minimum Gasteiger partial charge on any atom is -0.507 e. The minimum atomic E-state index is -0.464. The standard InChI is InChI=1S/C13H10F2O/c1-8-2-3-9(6-12(8)15)11-7-10(14)4-5-13(11)16/h2-7,16H,1H3. The van der Waals surface area contributed by atoms with Gasteiger partial charge in [0, 0.05) is 5.56 Å². The van der Waals surface area contributed by atoms with Gasteiger partial charge >= 0.3 is 0 Å². The molecule has 0 aliphatic carbocycles. The molecule has 0 aliphatic heterocycles. The van der Waals surface area contributed by atoms with Gasteiger partial charge in [0.15, 0.2) is 0 Å². The van der Waals surface area contributed by atoms with Gasteiger partial charge in [0.25, 0.3) is 0 Å². The Morgan fingerprint density at radius 1 is 1.00 bits per heavy atom. The average Bonchev–Trinajstić information content (AvgIpc) is 2.26. The van der Waals surface area contributed by atoms with E-state index in [0.29, 0.717) is 16.7 Å². The Balaban J connectivity index is 2.58. The monoisotopic (exact) mass is 220 g/mol. The number of aromatic hydroxyl groups is 1. The lowest BCUT2D eigenvalue weighted by Gasteiger charge is -2.06. The van der Waals surface area contributed by atoms with Gasteiger partial charge in [0.05, 0.1) is 0 Å². The smallest absolute Gasteiger partial charge is 0.126 e. The summed E-state index contributed by atoms with van der Waals surface area (Å²) in [6, 6.07) is 8.11. The van der Waals surface area contributed by atoms with Gasteiger partial charge in [-0.15, -0.1) is 0 Å². The topological polar surface area (TPSA) is 20.2 Å². The predicted molar refractivity (Wildman–Crippen MR) is 58.2 cm³/mol. The molecule has 0 saturated carbocycles. The van der Waals surface area contributed by atoms with Gasteiger partial charge in [-0.2, -0.15) is 0 Å². The van der Waals surface area contributed by atoms with Crippen LogP contribution in [-0.2, 0) is 0 Å². The highest BCUT2D eigenvalue weighted by molar-refractivity contribution is 5.70. The maximum absolute atomic E-state index is 13.3. The third-order valence-electron chi connectivity index (χ3n) is 2.44. The highest BCUT2D eigenvalue weighted by Gasteiger charge is 2.07. The molecule has 0 atom stereocenters. The summed E-state index contributed by atoms with van der Waals surface area (Å²) in [5, 5.41) is 9.56. The first kappa shape index (κ1) is 10.6. The summed E-state index contributed by atoms with van der Waals surface area (Å²) in [5.74, 6) is -0.903. The lowest BCUT2D eigenvalue weighted by molar-refractivity contribution is 0.475. The van der Waals surface area contributed by atoms with Crippen molar-refractivity contribution in [2.24, 2.45) is 0 Å². The van der Waals surface area contributed by atoms with Crippen molar-refractivity contribution in [3.8, 4) is 16.9 Å². The number of rotatable bonds is 1. The molecule has 82 valence electrons. The fraction of sp³-hybridized carbons (Fsp3) is 0.0769. The Bertz CT molecular complexity index is 535. The molecule has 1 N–H and O–H groups in total. The fourth-order valence-corrected chi connectivity index (χ4v) is 1.50. The van der Waals surface area contributed by atoms with Gasteiger partial charge < -0.3 is 5.11 Å². The molecule has 0 amide bonds. The second-order valence-electron chi connectivity index (χ2n) is 3.63. The van der Waals surface area contributed by atoms with Crippen LogP contribution >= 0.6 is 0 Å². The number of phenols is 1. The number of aryl methyl sites for hydroxylation is 1. The van der Waals surface area contributed by atoms with Crippen LogP contribution in [0.25, 0.3) is 11.1 Å². The second kappa shape index (κ2) is 3.93. The molecular weight excluding hydrogens is 210 g/mol. The Kier molecular flexibility index (Phi) is 2.60. The number of phenolic OH excluding ortho intramolecular Hbond substituents is 1. The first-order valence-electron chi connectivity index (χ1n) is 4.83. The predicted octanol–water partition coefficient (Wildman–Crippen LogP) is 3.65. The summed E-state index contributed by atoms with van der Waals surface area (Å²) in [6.45, 7) is 1.64. The van der Waals surface area contributed by atoms with Crippen molar-refractivity contribution in [3.05, 3.63) is 53.6 Å². The van der Waals surface area contributed by atoms with Gasteiger partial charge in [-0.25, -0.2) is 8.78 Å². The van der Waals surface area contributed by atoms with Crippen molar-refractivity contribution >= 4 is 0 Å². The van der Waals surface area contributed by atoms with Crippen molar-refractivity contribution in [3.63, 3.8) is 0 Å². The summed E-state index contributed by atoms with van der Waals surface area (Å²) in [4.78, 5) is 0. The van der Waals surface area contributed by atoms with Crippen molar-refractivity contribution in [1.82, 2.24) is 0 Å². The largest absolute Gasteiger partial charge is 0.507 e. The summed E-state index contributed by atoms with van der Waals surface area (Å²) in [7, 11) is 0. The lowest BCUT2D eigenvalue weighted by Crippen LogP contribution is -1.86. The van der Waals surface area contributed by atoms with Crippen LogP contribution in [0.1, 0.15) is 5.56 Å². The highest BCUT2D eigenvalue weighted by Crippen LogP contribution is 2.30. The van der Waals surface area contributed by atoms with E-state index in [1.807, 2.05) is 0 Å². The average molecular weight is 220 g/mol. The van der Waals surface area contributed by atoms with E-state index < -0.39 is 5.82 Å². The van der Waals surface area contributed by atoms with Crippen LogP contribution in [-0.4, -0.2) is 5.11 Å². The zero-order valence-electron chi connectivity index (χ0n) is 8.67. The SMILES string of the molecule is Cc1ccc(-c2cc(F)ccc2O)cc1F. The Hall–Kier alpha value is -1.90. The normalized spacial score (nSPS) is 10.4. The molecule has 0 radical (unpaired) electrons. The number of halogens is 2. The minimum absolute atomic E-state index is 0.0651. The molecule has 3 heteroatoms. The van der Waals surface area contributed by atoms with E-state index in [4.69, 9.17) is 0 Å². The Morgan fingerprint density at radius 2 is 1.75 bits per heavy atom. The molecule has 0 bridgehead atoms. The summed E-state index contributed by atoms with van der Waals surface area (Å²) in [6.07, 6.45) is 0. The molecule has 0 heterocycles. The molecule has 16 heavy (non-hydrogen) atoms. The Labute approximate surface area is 92.0 Å². The van der Waals surface area contributed by atoms with Gasteiger partial charge in [-0.1, -0.05) is 12.1 Å². The van der Waals surface area contributed by atoms with Crippen molar-refractivity contribution in [1.29, 1.82) is 0 Å². The first-order valence-corrected chi connectivity index (χ1v) is 4.83. The highest BCUT2D eigenvalue weighted by atomic mass is 19.1. The second-order valence-corrected chi connectivity index (χ2v) is 3.63. The Morgan fingerprint density at radius 3 is 2.44 bits per heavy atom. The van der Waals surface area contributed by atoms with E-state index in [2.05, 4.69) is 0 Å². The number of benzene rings is 2. The van der Waals surface area contributed by atoms with E-state index in [0.717, 1.165) is 6.07 Å². The van der Waals surface area contributed by atoms with Gasteiger partial charge in [-0.3, -0.25) is 0 Å². The van der Waals surface area contributed by atoms with Gasteiger partial charge in [0.2, 0.25) is 0 Å². The van der Waals surface area contributed by atoms with Crippen molar-refractivity contribution in [2.75, 3.05) is 0 Å². The van der Waals surface area contributed by atoms with Crippen LogP contribution in [0.5, 0.6) is 5.75 Å². The van der Waals surface area contributed by atoms with E-state index in [-0.39, 0.29) is 11.6 Å². The van der Waals surface area contributed by atoms with E-state index >= 15 is 0 Å². The quantitative estimate of drug-likeness (QED) is 0.777. The number of hydrogen-bond acceptors (Lipinski definition) is 1. The lowest BCUT2D eigenvalue weighted by atomic mass is 10.0. The molecule has 2 aromatic carbocycles. The summed E-state index contributed by atoms with van der Waals surface area (Å²) < 4.78 is 26.3. The maximum Gasteiger partial charge on any atom is 0.126 e. The fourth-order valence-electron chi connectivity index (χ4n) is 1.50. The van der Waals surface area contributed by atoms with Crippen LogP contribution in [0, 0.1) is 18.6 Å². The molecule has 2 rings (SSSR count). The van der Waals surface area contributed by atoms with Crippen molar-refractivity contribution in [2.45, 2.75) is 6.92 Å². The molecule has 0 spiro atoms. The van der Waals surface area contributed by atoms with E-state index in [9.17, 15) is 13.9 Å². The third kappa shape index (κ3) is 1.89.